The predicted molar refractivity (Wildman–Crippen MR) is 88.1 cm³/mol. The minimum absolute atomic E-state index is 0.130. The van der Waals surface area contributed by atoms with Crippen LogP contribution < -0.4 is 0 Å². The molecule has 0 spiro atoms. The van der Waals surface area contributed by atoms with Gasteiger partial charge in [-0.3, -0.25) is 4.79 Å². The number of carbonyl (C=O) groups excluding carboxylic acids is 1. The molecule has 2 atom stereocenters. The average molecular weight is 322 g/mol. The van der Waals surface area contributed by atoms with Crippen molar-refractivity contribution in [3.05, 3.63) is 15.6 Å². The van der Waals surface area contributed by atoms with E-state index in [9.17, 15) is 9.90 Å². The zero-order valence-electron chi connectivity index (χ0n) is 13.7. The first-order chi connectivity index (χ1) is 10.5. The number of aromatic nitrogens is 1. The van der Waals surface area contributed by atoms with Crippen LogP contribution in [0.5, 0.6) is 0 Å². The van der Waals surface area contributed by atoms with Crippen molar-refractivity contribution in [3.8, 4) is 0 Å². The summed E-state index contributed by atoms with van der Waals surface area (Å²) in [5.74, 6) is 1.15. The molecule has 1 aromatic heterocycles. The normalized spacial score (nSPS) is 28.2. The Morgan fingerprint density at radius 3 is 2.59 bits per heavy atom. The van der Waals surface area contributed by atoms with E-state index in [4.69, 9.17) is 0 Å². The number of nitrogens with zero attached hydrogens (tertiary/aromatic N) is 2. The van der Waals surface area contributed by atoms with E-state index in [-0.39, 0.29) is 23.8 Å². The molecule has 0 radical (unpaired) electrons. The van der Waals surface area contributed by atoms with Gasteiger partial charge in [0.1, 0.15) is 4.88 Å². The van der Waals surface area contributed by atoms with Crippen LogP contribution in [-0.4, -0.2) is 40.1 Å². The molecule has 1 aliphatic carbocycles. The van der Waals surface area contributed by atoms with Crippen LogP contribution in [-0.2, 0) is 6.42 Å². The van der Waals surface area contributed by atoms with Crippen molar-refractivity contribution in [2.45, 2.75) is 52.6 Å². The molecule has 4 nitrogen and oxygen atoms in total. The summed E-state index contributed by atoms with van der Waals surface area (Å²) in [4.78, 5) is 20.3. The maximum atomic E-state index is 13.0. The van der Waals surface area contributed by atoms with Crippen LogP contribution in [0.1, 0.15) is 53.5 Å². The molecular formula is C17H26N2O2S. The summed E-state index contributed by atoms with van der Waals surface area (Å²) in [7, 11) is 0. The molecule has 0 aromatic carbocycles. The second-order valence-electron chi connectivity index (χ2n) is 7.26. The second-order valence-corrected chi connectivity index (χ2v) is 8.46. The minimum Gasteiger partial charge on any atom is -0.392 e. The topological polar surface area (TPSA) is 53.4 Å². The van der Waals surface area contributed by atoms with Gasteiger partial charge in [0.05, 0.1) is 16.8 Å². The first-order valence-corrected chi connectivity index (χ1v) is 9.21. The number of aliphatic hydroxyl groups excluding tert-OH is 1. The van der Waals surface area contributed by atoms with Crippen molar-refractivity contribution >= 4 is 17.2 Å². The number of rotatable bonds is 3. The molecule has 1 amide bonds. The molecule has 2 fully saturated rings. The van der Waals surface area contributed by atoms with E-state index in [1.165, 1.54) is 17.8 Å². The van der Waals surface area contributed by atoms with Crippen LogP contribution >= 0.6 is 11.3 Å². The lowest BCUT2D eigenvalue weighted by Crippen LogP contribution is -2.53. The monoisotopic (exact) mass is 322 g/mol. The number of carbonyl (C=O) groups is 1. The van der Waals surface area contributed by atoms with E-state index in [1.807, 2.05) is 11.8 Å². The standard InChI is InChI=1S/C17H26N2O2S/c1-10(2)7-14-16(22-11(3)18-14)17(21)19-8-12-5-4-6-13(9-19)15(12)20/h10,12-13,15,20H,4-9H2,1-3H3. The SMILES string of the molecule is Cc1nc(CC(C)C)c(C(=O)N2CC3CCCC(C2)C3O)s1. The highest BCUT2D eigenvalue weighted by molar-refractivity contribution is 7.13. The van der Waals surface area contributed by atoms with Crippen LogP contribution in [0.3, 0.4) is 0 Å². The van der Waals surface area contributed by atoms with Gasteiger partial charge in [0, 0.05) is 24.9 Å². The Labute approximate surface area is 136 Å². The predicted octanol–water partition coefficient (Wildman–Crippen LogP) is 2.88. The van der Waals surface area contributed by atoms with Gasteiger partial charge < -0.3 is 10.0 Å². The molecule has 1 N–H and O–H groups in total. The summed E-state index contributed by atoms with van der Waals surface area (Å²) < 4.78 is 0. The number of hydrogen-bond donors (Lipinski definition) is 1. The Kier molecular flexibility index (Phi) is 4.55. The summed E-state index contributed by atoms with van der Waals surface area (Å²) >= 11 is 1.52. The average Bonchev–Trinajstić information content (AvgIpc) is 2.77. The highest BCUT2D eigenvalue weighted by Crippen LogP contribution is 2.36. The molecule has 5 heteroatoms. The van der Waals surface area contributed by atoms with Crippen molar-refractivity contribution in [3.63, 3.8) is 0 Å². The fourth-order valence-electron chi connectivity index (χ4n) is 3.88. The highest BCUT2D eigenvalue weighted by atomic mass is 32.1. The largest absolute Gasteiger partial charge is 0.392 e. The molecule has 1 saturated carbocycles. The third kappa shape index (κ3) is 3.06. The Morgan fingerprint density at radius 2 is 2.00 bits per heavy atom. The summed E-state index contributed by atoms with van der Waals surface area (Å²) in [6.07, 6.45) is 3.92. The molecular weight excluding hydrogens is 296 g/mol. The lowest BCUT2D eigenvalue weighted by atomic mass is 9.75. The molecule has 122 valence electrons. The van der Waals surface area contributed by atoms with E-state index in [1.54, 1.807) is 0 Å². The minimum atomic E-state index is -0.212. The first kappa shape index (κ1) is 15.9. The van der Waals surface area contributed by atoms with Crippen LogP contribution in [0.15, 0.2) is 0 Å². The van der Waals surface area contributed by atoms with Gasteiger partial charge in [-0.15, -0.1) is 11.3 Å². The molecule has 1 aliphatic heterocycles. The number of thiazole rings is 1. The molecule has 1 aromatic rings. The fourth-order valence-corrected chi connectivity index (χ4v) is 4.79. The van der Waals surface area contributed by atoms with E-state index in [0.717, 1.165) is 34.8 Å². The number of aliphatic hydroxyl groups is 1. The zero-order chi connectivity index (χ0) is 15.9. The molecule has 2 unspecified atom stereocenters. The third-order valence-corrected chi connectivity index (χ3v) is 5.91. The van der Waals surface area contributed by atoms with Gasteiger partial charge >= 0.3 is 0 Å². The van der Waals surface area contributed by atoms with E-state index in [2.05, 4.69) is 18.8 Å². The summed E-state index contributed by atoms with van der Waals surface area (Å²) in [5, 5.41) is 11.3. The number of aryl methyl sites for hydroxylation is 1. The van der Waals surface area contributed by atoms with Crippen LogP contribution in [0.4, 0.5) is 0 Å². The summed E-state index contributed by atoms with van der Waals surface area (Å²) in [6.45, 7) is 7.69. The van der Waals surface area contributed by atoms with E-state index < -0.39 is 0 Å². The number of piperidine rings is 1. The van der Waals surface area contributed by atoms with Crippen molar-refractivity contribution < 1.29 is 9.90 Å². The molecule has 2 bridgehead atoms. The van der Waals surface area contributed by atoms with Crippen molar-refractivity contribution in [1.82, 2.24) is 9.88 Å². The smallest absolute Gasteiger partial charge is 0.265 e. The Morgan fingerprint density at radius 1 is 1.36 bits per heavy atom. The Hall–Kier alpha value is -0.940. The molecule has 2 heterocycles. The lowest BCUT2D eigenvalue weighted by molar-refractivity contribution is -0.0412. The van der Waals surface area contributed by atoms with Gasteiger partial charge in [-0.25, -0.2) is 4.98 Å². The summed E-state index contributed by atoms with van der Waals surface area (Å²) in [6, 6.07) is 0. The molecule has 1 saturated heterocycles. The van der Waals surface area contributed by atoms with Gasteiger partial charge in [-0.2, -0.15) is 0 Å². The number of hydrogen-bond acceptors (Lipinski definition) is 4. The van der Waals surface area contributed by atoms with Crippen molar-refractivity contribution in [2.24, 2.45) is 17.8 Å². The number of fused-ring (bicyclic) bond motifs is 2. The van der Waals surface area contributed by atoms with Crippen LogP contribution in [0, 0.1) is 24.7 Å². The molecule has 2 aliphatic rings. The van der Waals surface area contributed by atoms with Gasteiger partial charge in [0.25, 0.3) is 5.91 Å². The number of likely N-dealkylation sites (tertiary alicyclic amines) is 1. The third-order valence-electron chi connectivity index (χ3n) is 4.91. The van der Waals surface area contributed by atoms with Gasteiger partial charge in [-0.1, -0.05) is 20.3 Å². The molecule has 3 rings (SSSR count). The Balaban J connectivity index is 1.79. The van der Waals surface area contributed by atoms with Crippen LogP contribution in [0.25, 0.3) is 0 Å². The van der Waals surface area contributed by atoms with Crippen molar-refractivity contribution in [2.75, 3.05) is 13.1 Å². The first-order valence-electron chi connectivity index (χ1n) is 8.39. The van der Waals surface area contributed by atoms with Crippen LogP contribution in [0.2, 0.25) is 0 Å². The maximum absolute atomic E-state index is 13.0. The number of amides is 1. The molecule has 22 heavy (non-hydrogen) atoms. The second kappa shape index (κ2) is 6.28. The van der Waals surface area contributed by atoms with E-state index >= 15 is 0 Å². The van der Waals surface area contributed by atoms with Crippen molar-refractivity contribution in [1.29, 1.82) is 0 Å². The lowest BCUT2D eigenvalue weighted by Gasteiger charge is -2.44. The van der Waals surface area contributed by atoms with Gasteiger partial charge in [0.2, 0.25) is 0 Å². The quantitative estimate of drug-likeness (QED) is 0.931. The highest BCUT2D eigenvalue weighted by Gasteiger charge is 2.40. The Bertz CT molecular complexity index is 541. The van der Waals surface area contributed by atoms with E-state index in [0.29, 0.717) is 19.0 Å². The van der Waals surface area contributed by atoms with Gasteiger partial charge in [0.15, 0.2) is 0 Å². The zero-order valence-corrected chi connectivity index (χ0v) is 14.5. The fraction of sp³-hybridized carbons (Fsp3) is 0.765. The van der Waals surface area contributed by atoms with Gasteiger partial charge in [-0.05, 0) is 32.1 Å². The maximum Gasteiger partial charge on any atom is 0.265 e. The summed E-state index contributed by atoms with van der Waals surface area (Å²) in [5.41, 5.74) is 0.957.